The van der Waals surface area contributed by atoms with Crippen molar-refractivity contribution >= 4 is 5.84 Å². The number of hydrogen-bond acceptors (Lipinski definition) is 3. The molecule has 15 heavy (non-hydrogen) atoms. The predicted molar refractivity (Wildman–Crippen MR) is 61.8 cm³/mol. The molecule has 3 atom stereocenters. The Bertz CT molecular complexity index is 298. The lowest BCUT2D eigenvalue weighted by Gasteiger charge is -2.51. The first-order valence-electron chi connectivity index (χ1n) is 5.90. The molecule has 1 unspecified atom stereocenters. The van der Waals surface area contributed by atoms with Gasteiger partial charge < -0.3 is 10.4 Å². The van der Waals surface area contributed by atoms with Crippen LogP contribution in [-0.4, -0.2) is 22.2 Å². The van der Waals surface area contributed by atoms with Crippen molar-refractivity contribution in [3.05, 3.63) is 0 Å². The van der Waals surface area contributed by atoms with E-state index in [4.69, 9.17) is 0 Å². The molecule has 3 nitrogen and oxygen atoms in total. The second kappa shape index (κ2) is 3.21. The highest BCUT2D eigenvalue weighted by Crippen LogP contribution is 2.45. The van der Waals surface area contributed by atoms with E-state index in [1.807, 2.05) is 6.92 Å². The van der Waals surface area contributed by atoms with Crippen molar-refractivity contribution in [2.75, 3.05) is 0 Å². The molecule has 1 saturated carbocycles. The van der Waals surface area contributed by atoms with Gasteiger partial charge in [0.25, 0.3) is 0 Å². The Hall–Kier alpha value is -0.570. The molecule has 1 aliphatic carbocycles. The second-order valence-electron chi connectivity index (χ2n) is 5.86. The molecule has 0 aromatic rings. The first-order valence-corrected chi connectivity index (χ1v) is 5.90. The second-order valence-corrected chi connectivity index (χ2v) is 5.86. The Morgan fingerprint density at radius 2 is 2.07 bits per heavy atom. The van der Waals surface area contributed by atoms with E-state index < -0.39 is 5.72 Å². The summed E-state index contributed by atoms with van der Waals surface area (Å²) in [5.74, 6) is 1.69. The normalized spacial score (nSPS) is 43.9. The van der Waals surface area contributed by atoms with Gasteiger partial charge in [-0.3, -0.25) is 0 Å². The first kappa shape index (κ1) is 10.9. The molecule has 1 aliphatic heterocycles. The van der Waals surface area contributed by atoms with E-state index in [9.17, 15) is 5.11 Å². The van der Waals surface area contributed by atoms with Crippen molar-refractivity contribution in [3.8, 4) is 0 Å². The van der Waals surface area contributed by atoms with E-state index in [0.717, 1.165) is 18.7 Å². The number of nitrogens with one attached hydrogen (secondary N) is 1. The molecular formula is C12H22N2O. The number of hydrogen-bond donors (Lipinski definition) is 2. The van der Waals surface area contributed by atoms with Gasteiger partial charge in [0.05, 0.1) is 5.84 Å². The van der Waals surface area contributed by atoms with E-state index in [-0.39, 0.29) is 11.5 Å². The molecule has 0 aromatic heterocycles. The number of rotatable bonds is 0. The molecule has 0 spiro atoms. The van der Waals surface area contributed by atoms with Crippen LogP contribution in [0.5, 0.6) is 0 Å². The highest BCUT2D eigenvalue weighted by atomic mass is 16.3. The van der Waals surface area contributed by atoms with Gasteiger partial charge >= 0.3 is 0 Å². The molecule has 2 N–H and O–H groups in total. The van der Waals surface area contributed by atoms with Crippen molar-refractivity contribution in [2.45, 2.75) is 58.2 Å². The largest absolute Gasteiger partial charge is 0.369 e. The van der Waals surface area contributed by atoms with Crippen LogP contribution in [0.25, 0.3) is 0 Å². The Labute approximate surface area is 92.0 Å². The maximum atomic E-state index is 10.6. The number of amidine groups is 1. The summed E-state index contributed by atoms with van der Waals surface area (Å²) in [6.45, 7) is 8.47. The average molecular weight is 210 g/mol. The van der Waals surface area contributed by atoms with E-state index >= 15 is 0 Å². The highest BCUT2D eigenvalue weighted by molar-refractivity contribution is 5.81. The molecular weight excluding hydrogens is 188 g/mol. The summed E-state index contributed by atoms with van der Waals surface area (Å²) in [6.07, 6.45) is 3.07. The zero-order valence-electron chi connectivity index (χ0n) is 10.2. The summed E-state index contributed by atoms with van der Waals surface area (Å²) in [5.41, 5.74) is -0.864. The minimum Gasteiger partial charge on any atom is -0.369 e. The van der Waals surface area contributed by atoms with Gasteiger partial charge in [-0.05, 0) is 39.5 Å². The third-order valence-corrected chi connectivity index (χ3v) is 3.89. The fourth-order valence-corrected chi connectivity index (χ4v) is 3.37. The fourth-order valence-electron chi connectivity index (χ4n) is 3.37. The molecule has 0 radical (unpaired) electrons. The minimum atomic E-state index is -0.823. The molecule has 2 rings (SSSR count). The van der Waals surface area contributed by atoms with Gasteiger partial charge in [-0.1, -0.05) is 13.3 Å². The lowest BCUT2D eigenvalue weighted by atomic mass is 9.67. The molecule has 1 heterocycles. The van der Waals surface area contributed by atoms with Crippen molar-refractivity contribution in [2.24, 2.45) is 16.8 Å². The van der Waals surface area contributed by atoms with Crippen LogP contribution in [-0.2, 0) is 0 Å². The summed E-state index contributed by atoms with van der Waals surface area (Å²) >= 11 is 0. The maximum Gasteiger partial charge on any atom is 0.163 e. The topological polar surface area (TPSA) is 44.6 Å². The van der Waals surface area contributed by atoms with Crippen LogP contribution in [0.15, 0.2) is 4.99 Å². The van der Waals surface area contributed by atoms with Gasteiger partial charge in [-0.2, -0.15) is 0 Å². The van der Waals surface area contributed by atoms with Gasteiger partial charge in [-0.25, -0.2) is 4.99 Å². The average Bonchev–Trinajstić information content (AvgIpc) is 1.97. The number of aliphatic imine (C=N–C) groups is 1. The van der Waals surface area contributed by atoms with E-state index in [2.05, 4.69) is 31.1 Å². The Kier molecular flexibility index (Phi) is 2.34. The van der Waals surface area contributed by atoms with Crippen LogP contribution in [0, 0.1) is 11.8 Å². The molecule has 0 aromatic carbocycles. The summed E-state index contributed by atoms with van der Waals surface area (Å²) in [6, 6.07) is 0. The first-order chi connectivity index (χ1) is 6.83. The summed E-state index contributed by atoms with van der Waals surface area (Å²) in [4.78, 5) is 4.44. The molecule has 0 saturated heterocycles. The standard InChI is InChI=1S/C12H22N2O/c1-8-5-6-10-11(3,4)13-9(2)14-12(10,15)7-8/h8,10,15H,5-7H2,1-4H3,(H,13,14)/t8-,10+,12?/m1/s1. The third kappa shape index (κ3) is 1.78. The minimum absolute atomic E-state index is 0.0409. The summed E-state index contributed by atoms with van der Waals surface area (Å²) in [7, 11) is 0. The van der Waals surface area contributed by atoms with E-state index in [1.165, 1.54) is 6.42 Å². The molecule has 2 aliphatic rings. The van der Waals surface area contributed by atoms with Crippen molar-refractivity contribution < 1.29 is 5.11 Å². The predicted octanol–water partition coefficient (Wildman–Crippen LogP) is 1.91. The van der Waals surface area contributed by atoms with Crippen molar-refractivity contribution in [3.63, 3.8) is 0 Å². The Balaban J connectivity index is 2.35. The molecule has 0 amide bonds. The van der Waals surface area contributed by atoms with Gasteiger partial charge in [0.15, 0.2) is 5.72 Å². The van der Waals surface area contributed by atoms with Gasteiger partial charge in [0.2, 0.25) is 0 Å². The smallest absolute Gasteiger partial charge is 0.163 e. The van der Waals surface area contributed by atoms with Gasteiger partial charge in [-0.15, -0.1) is 0 Å². The lowest BCUT2D eigenvalue weighted by Crippen LogP contribution is -2.62. The number of aliphatic hydroxyl groups is 1. The number of fused-ring (bicyclic) bond motifs is 1. The van der Waals surface area contributed by atoms with Crippen LogP contribution in [0.2, 0.25) is 0 Å². The quantitative estimate of drug-likeness (QED) is 0.641. The van der Waals surface area contributed by atoms with Gasteiger partial charge in [0, 0.05) is 11.5 Å². The summed E-state index contributed by atoms with van der Waals surface area (Å²) in [5, 5.41) is 14.0. The van der Waals surface area contributed by atoms with Crippen LogP contribution in [0.3, 0.4) is 0 Å². The SMILES string of the molecule is CC1=NC2(O)C[C@H](C)CC[C@H]2C(C)(C)N1. The van der Waals surface area contributed by atoms with Crippen LogP contribution in [0.1, 0.15) is 47.0 Å². The maximum absolute atomic E-state index is 10.6. The number of nitrogens with zero attached hydrogens (tertiary/aromatic N) is 1. The lowest BCUT2D eigenvalue weighted by molar-refractivity contribution is -0.0900. The van der Waals surface area contributed by atoms with Crippen molar-refractivity contribution in [1.29, 1.82) is 0 Å². The van der Waals surface area contributed by atoms with Crippen LogP contribution in [0.4, 0.5) is 0 Å². The molecule has 1 fully saturated rings. The fraction of sp³-hybridized carbons (Fsp3) is 0.917. The van der Waals surface area contributed by atoms with Crippen LogP contribution < -0.4 is 5.32 Å². The highest BCUT2D eigenvalue weighted by Gasteiger charge is 2.51. The Morgan fingerprint density at radius 1 is 1.40 bits per heavy atom. The van der Waals surface area contributed by atoms with E-state index in [1.54, 1.807) is 0 Å². The zero-order valence-corrected chi connectivity index (χ0v) is 10.2. The van der Waals surface area contributed by atoms with Gasteiger partial charge in [0.1, 0.15) is 0 Å². The Morgan fingerprint density at radius 3 is 2.73 bits per heavy atom. The molecule has 0 bridgehead atoms. The third-order valence-electron chi connectivity index (χ3n) is 3.89. The van der Waals surface area contributed by atoms with Crippen molar-refractivity contribution in [1.82, 2.24) is 5.32 Å². The molecule has 86 valence electrons. The van der Waals surface area contributed by atoms with Crippen LogP contribution >= 0.6 is 0 Å². The summed E-state index contributed by atoms with van der Waals surface area (Å²) < 4.78 is 0. The monoisotopic (exact) mass is 210 g/mol. The zero-order chi connectivity index (χ0) is 11.3. The molecule has 3 heteroatoms. The van der Waals surface area contributed by atoms with E-state index in [0.29, 0.717) is 5.92 Å².